The van der Waals surface area contributed by atoms with Gasteiger partial charge in [0.05, 0.1) is 25.3 Å². The summed E-state index contributed by atoms with van der Waals surface area (Å²) in [7, 11) is 0. The molecule has 5 rings (SSSR count). The Kier molecular flexibility index (Phi) is 3.42. The summed E-state index contributed by atoms with van der Waals surface area (Å²) in [5, 5.41) is 10.5. The first-order valence-electron chi connectivity index (χ1n) is 8.29. The van der Waals surface area contributed by atoms with Gasteiger partial charge in [0.15, 0.2) is 22.9 Å². The molecule has 0 unspecified atom stereocenters. The minimum absolute atomic E-state index is 0.302. The number of anilines is 2. The molecule has 0 spiro atoms. The predicted octanol–water partition coefficient (Wildman–Crippen LogP) is -0.521. The van der Waals surface area contributed by atoms with Gasteiger partial charge in [0.25, 0.3) is 0 Å². The minimum Gasteiger partial charge on any atom is -0.390 e. The first kappa shape index (κ1) is 15.8. The zero-order chi connectivity index (χ0) is 18.5. The SMILES string of the molecule is Nc1ncnc2c1ncn2C[C@H]1O[C@@H](n2cnc3c(N)ncnc32)C[C@@H]1O. The average molecular weight is 368 g/mol. The monoisotopic (exact) mass is 368 g/mol. The van der Waals surface area contributed by atoms with Crippen molar-refractivity contribution in [1.82, 2.24) is 39.0 Å². The van der Waals surface area contributed by atoms with E-state index in [0.29, 0.717) is 46.9 Å². The molecule has 0 aromatic carbocycles. The van der Waals surface area contributed by atoms with Crippen LogP contribution < -0.4 is 11.5 Å². The molecule has 1 aliphatic heterocycles. The van der Waals surface area contributed by atoms with Crippen LogP contribution in [0.4, 0.5) is 11.6 Å². The molecule has 5 heterocycles. The molecule has 27 heavy (non-hydrogen) atoms. The van der Waals surface area contributed by atoms with Crippen molar-refractivity contribution in [3.8, 4) is 0 Å². The van der Waals surface area contributed by atoms with Gasteiger partial charge >= 0.3 is 0 Å². The highest BCUT2D eigenvalue weighted by atomic mass is 16.5. The number of imidazole rings is 2. The van der Waals surface area contributed by atoms with E-state index in [-0.39, 0.29) is 0 Å². The Morgan fingerprint density at radius 1 is 0.963 bits per heavy atom. The number of fused-ring (bicyclic) bond motifs is 2. The summed E-state index contributed by atoms with van der Waals surface area (Å²) >= 11 is 0. The summed E-state index contributed by atoms with van der Waals surface area (Å²) < 4.78 is 9.61. The van der Waals surface area contributed by atoms with Crippen LogP contribution in [0.1, 0.15) is 12.6 Å². The summed E-state index contributed by atoms with van der Waals surface area (Å²) in [5.74, 6) is 0.614. The molecule has 5 N–H and O–H groups in total. The third kappa shape index (κ3) is 2.45. The number of nitrogens with zero attached hydrogens (tertiary/aromatic N) is 8. The Morgan fingerprint density at radius 3 is 2.41 bits per heavy atom. The van der Waals surface area contributed by atoms with Gasteiger partial charge < -0.3 is 25.9 Å². The smallest absolute Gasteiger partial charge is 0.167 e. The second kappa shape index (κ2) is 5.82. The first-order chi connectivity index (χ1) is 13.1. The van der Waals surface area contributed by atoms with Gasteiger partial charge in [-0.3, -0.25) is 4.57 Å². The topological polar surface area (TPSA) is 169 Å². The van der Waals surface area contributed by atoms with Crippen LogP contribution in [-0.4, -0.2) is 56.4 Å². The lowest BCUT2D eigenvalue weighted by molar-refractivity contribution is -0.0246. The standard InChI is InChI=1S/C15H16N10O2/c16-12-10-14(20-3-18-12)24(5-22-10)2-8-7(26)1-9(27-8)25-6-23-11-13(17)19-4-21-15(11)25/h3-9,26H,1-2H2,(H2,16,18,20)(H2,17,19,21)/t7-,8+,9+/m0/s1. The first-order valence-corrected chi connectivity index (χ1v) is 8.29. The van der Waals surface area contributed by atoms with E-state index in [4.69, 9.17) is 16.2 Å². The quantitative estimate of drug-likeness (QED) is 0.427. The molecule has 138 valence electrons. The lowest BCUT2D eigenvalue weighted by Crippen LogP contribution is -2.26. The molecule has 0 bridgehead atoms. The lowest BCUT2D eigenvalue weighted by atomic mass is 10.2. The van der Waals surface area contributed by atoms with Crippen molar-refractivity contribution in [2.24, 2.45) is 0 Å². The van der Waals surface area contributed by atoms with Crippen molar-refractivity contribution in [1.29, 1.82) is 0 Å². The van der Waals surface area contributed by atoms with E-state index < -0.39 is 18.4 Å². The van der Waals surface area contributed by atoms with Gasteiger partial charge in [-0.2, -0.15) is 0 Å². The third-order valence-corrected chi connectivity index (χ3v) is 4.71. The predicted molar refractivity (Wildman–Crippen MR) is 94.0 cm³/mol. The summed E-state index contributed by atoms with van der Waals surface area (Å²) in [5.41, 5.74) is 13.8. The molecule has 1 aliphatic rings. The van der Waals surface area contributed by atoms with E-state index in [9.17, 15) is 5.11 Å². The van der Waals surface area contributed by atoms with Crippen molar-refractivity contribution < 1.29 is 9.84 Å². The number of aliphatic hydroxyl groups is 1. The number of nitrogens with two attached hydrogens (primary N) is 2. The maximum atomic E-state index is 10.5. The number of rotatable bonds is 3. The van der Waals surface area contributed by atoms with E-state index >= 15 is 0 Å². The second-order valence-corrected chi connectivity index (χ2v) is 6.34. The third-order valence-electron chi connectivity index (χ3n) is 4.71. The van der Waals surface area contributed by atoms with E-state index in [1.165, 1.54) is 12.7 Å². The maximum Gasteiger partial charge on any atom is 0.167 e. The van der Waals surface area contributed by atoms with Gasteiger partial charge in [0.1, 0.15) is 36.0 Å². The molecular formula is C15H16N10O2. The molecule has 12 heteroatoms. The molecule has 0 aliphatic carbocycles. The second-order valence-electron chi connectivity index (χ2n) is 6.34. The Morgan fingerprint density at radius 2 is 1.63 bits per heavy atom. The van der Waals surface area contributed by atoms with Gasteiger partial charge in [-0.15, -0.1) is 0 Å². The Balaban J connectivity index is 1.42. The summed E-state index contributed by atoms with van der Waals surface area (Å²) in [6, 6.07) is 0. The van der Waals surface area contributed by atoms with Crippen LogP contribution in [0.5, 0.6) is 0 Å². The highest BCUT2D eigenvalue weighted by Gasteiger charge is 2.36. The lowest BCUT2D eigenvalue weighted by Gasteiger charge is -2.16. The van der Waals surface area contributed by atoms with Crippen LogP contribution in [-0.2, 0) is 11.3 Å². The number of aliphatic hydroxyl groups excluding tert-OH is 1. The summed E-state index contributed by atoms with van der Waals surface area (Å²) in [4.78, 5) is 24.8. The zero-order valence-corrected chi connectivity index (χ0v) is 14.0. The van der Waals surface area contributed by atoms with Gasteiger partial charge in [-0.25, -0.2) is 29.9 Å². The Labute approximate surface area is 151 Å². The Hall–Kier alpha value is -3.38. The van der Waals surface area contributed by atoms with E-state index in [1.54, 1.807) is 21.8 Å². The van der Waals surface area contributed by atoms with Crippen molar-refractivity contribution in [3.05, 3.63) is 25.3 Å². The van der Waals surface area contributed by atoms with Crippen LogP contribution in [0.2, 0.25) is 0 Å². The highest BCUT2D eigenvalue weighted by Crippen LogP contribution is 2.32. The molecule has 4 aromatic heterocycles. The van der Waals surface area contributed by atoms with Gasteiger partial charge in [0, 0.05) is 6.42 Å². The molecule has 0 radical (unpaired) electrons. The van der Waals surface area contributed by atoms with Gasteiger partial charge in [-0.1, -0.05) is 0 Å². The summed E-state index contributed by atoms with van der Waals surface area (Å²) in [6.45, 7) is 0.369. The average Bonchev–Trinajstić information content (AvgIpc) is 3.34. The number of aromatic nitrogens is 8. The van der Waals surface area contributed by atoms with Crippen molar-refractivity contribution >= 4 is 34.0 Å². The maximum absolute atomic E-state index is 10.5. The van der Waals surface area contributed by atoms with E-state index in [2.05, 4.69) is 29.9 Å². The van der Waals surface area contributed by atoms with E-state index in [1.807, 2.05) is 0 Å². The largest absolute Gasteiger partial charge is 0.390 e. The number of hydrogen-bond acceptors (Lipinski definition) is 10. The van der Waals surface area contributed by atoms with Crippen LogP contribution in [0, 0.1) is 0 Å². The molecule has 3 atom stereocenters. The van der Waals surface area contributed by atoms with Crippen molar-refractivity contribution in [2.45, 2.75) is 31.4 Å². The fourth-order valence-electron chi connectivity index (χ4n) is 3.36. The molecule has 1 fully saturated rings. The molecule has 12 nitrogen and oxygen atoms in total. The van der Waals surface area contributed by atoms with Crippen molar-refractivity contribution in [2.75, 3.05) is 11.5 Å². The fraction of sp³-hybridized carbons (Fsp3) is 0.333. The van der Waals surface area contributed by atoms with Crippen LogP contribution in [0.25, 0.3) is 22.3 Å². The molecule has 1 saturated heterocycles. The van der Waals surface area contributed by atoms with Gasteiger partial charge in [0.2, 0.25) is 0 Å². The van der Waals surface area contributed by atoms with Crippen LogP contribution >= 0.6 is 0 Å². The fourth-order valence-corrected chi connectivity index (χ4v) is 3.36. The van der Waals surface area contributed by atoms with Gasteiger partial charge in [-0.05, 0) is 0 Å². The van der Waals surface area contributed by atoms with Crippen LogP contribution in [0.3, 0.4) is 0 Å². The van der Waals surface area contributed by atoms with Crippen LogP contribution in [0.15, 0.2) is 25.3 Å². The van der Waals surface area contributed by atoms with E-state index in [0.717, 1.165) is 0 Å². The molecule has 4 aromatic rings. The number of ether oxygens (including phenoxy) is 1. The number of nitrogen functional groups attached to an aromatic ring is 2. The zero-order valence-electron chi connectivity index (χ0n) is 14.0. The Bertz CT molecular complexity index is 1140. The number of hydrogen-bond donors (Lipinski definition) is 3. The normalized spacial score (nSPS) is 22.8. The summed E-state index contributed by atoms with van der Waals surface area (Å²) in [6.07, 6.45) is 4.80. The molecule has 0 amide bonds. The minimum atomic E-state index is -0.678. The molecular weight excluding hydrogens is 352 g/mol. The molecule has 0 saturated carbocycles. The van der Waals surface area contributed by atoms with Crippen molar-refractivity contribution in [3.63, 3.8) is 0 Å². The highest BCUT2D eigenvalue weighted by molar-refractivity contribution is 5.81.